The van der Waals surface area contributed by atoms with Gasteiger partial charge in [0.2, 0.25) is 20.0 Å². The van der Waals surface area contributed by atoms with Crippen molar-refractivity contribution in [3.05, 3.63) is 65.5 Å². The Hall–Kier alpha value is -2.01. The van der Waals surface area contributed by atoms with Gasteiger partial charge in [0.15, 0.2) is 0 Å². The van der Waals surface area contributed by atoms with E-state index < -0.39 is 31.1 Å². The Morgan fingerprint density at radius 2 is 1.71 bits per heavy atom. The Bertz CT molecular complexity index is 1210. The first-order valence-corrected chi connectivity index (χ1v) is 14.9. The third kappa shape index (κ3) is 5.45. The zero-order valence-corrected chi connectivity index (χ0v) is 21.1. The molecule has 0 radical (unpaired) electrons. The van der Waals surface area contributed by atoms with Crippen molar-refractivity contribution in [3.8, 4) is 5.75 Å². The van der Waals surface area contributed by atoms with E-state index in [-0.39, 0.29) is 18.7 Å². The van der Waals surface area contributed by atoms with Gasteiger partial charge in [-0.15, -0.1) is 0 Å². The standard InChI is InChI=1S/C24H31FN2O5S2/c1-18-8-11-24(19-6-4-3-5-7-19)34(30,31)27(18)17-20-9-10-22(16-23(20)25)32-21-12-14-26(15-13-21)33(2,28)29/h3-7,9-10,16,18,21,24H,8,11-15,17H2,1-2H3/t18-,24?/m1/s1. The zero-order valence-electron chi connectivity index (χ0n) is 19.4. The van der Waals surface area contributed by atoms with Crippen molar-refractivity contribution in [3.63, 3.8) is 0 Å². The Kier molecular flexibility index (Phi) is 7.33. The number of rotatable bonds is 6. The van der Waals surface area contributed by atoms with E-state index in [1.54, 1.807) is 12.1 Å². The molecule has 2 aliphatic heterocycles. The SMILES string of the molecule is C[C@@H]1CCC(c2ccccc2)S(=O)(=O)N1Cc1ccc(OC2CCN(S(C)(=O)=O)CC2)cc1F. The summed E-state index contributed by atoms with van der Waals surface area (Å²) in [5, 5.41) is -0.631. The minimum absolute atomic E-state index is 0.0360. The molecule has 0 N–H and O–H groups in total. The maximum Gasteiger partial charge on any atom is 0.221 e. The largest absolute Gasteiger partial charge is 0.490 e. The number of piperidine rings is 1. The van der Waals surface area contributed by atoms with Crippen LogP contribution in [0.3, 0.4) is 0 Å². The van der Waals surface area contributed by atoms with Crippen molar-refractivity contribution in [1.82, 2.24) is 8.61 Å². The number of hydrogen-bond donors (Lipinski definition) is 0. The van der Waals surface area contributed by atoms with Gasteiger partial charge in [-0.25, -0.2) is 25.5 Å². The molecule has 34 heavy (non-hydrogen) atoms. The molecule has 1 unspecified atom stereocenters. The molecule has 0 aliphatic carbocycles. The molecule has 4 rings (SSSR count). The molecule has 0 amide bonds. The third-order valence-electron chi connectivity index (χ3n) is 6.72. The molecule has 2 atom stereocenters. The first-order chi connectivity index (χ1) is 16.1. The molecular formula is C24H31FN2O5S2. The number of ether oxygens (including phenoxy) is 1. The highest BCUT2D eigenvalue weighted by Crippen LogP contribution is 2.38. The highest BCUT2D eigenvalue weighted by Gasteiger charge is 2.40. The minimum atomic E-state index is -3.65. The van der Waals surface area contributed by atoms with Crippen LogP contribution in [-0.2, 0) is 26.6 Å². The fourth-order valence-electron chi connectivity index (χ4n) is 4.72. The maximum absolute atomic E-state index is 15.0. The molecular weight excluding hydrogens is 479 g/mol. The molecule has 0 spiro atoms. The minimum Gasteiger partial charge on any atom is -0.490 e. The number of halogens is 1. The summed E-state index contributed by atoms with van der Waals surface area (Å²) in [4.78, 5) is 0. The maximum atomic E-state index is 15.0. The Morgan fingerprint density at radius 1 is 1.03 bits per heavy atom. The second-order valence-corrected chi connectivity index (χ2v) is 13.2. The average Bonchev–Trinajstić information content (AvgIpc) is 2.78. The number of hydrogen-bond acceptors (Lipinski definition) is 5. The second kappa shape index (κ2) is 9.93. The summed E-state index contributed by atoms with van der Waals surface area (Å²) in [7, 11) is -6.87. The van der Waals surface area contributed by atoms with Crippen LogP contribution in [0.25, 0.3) is 0 Å². The van der Waals surface area contributed by atoms with Crippen molar-refractivity contribution < 1.29 is 26.0 Å². The first-order valence-electron chi connectivity index (χ1n) is 11.5. The summed E-state index contributed by atoms with van der Waals surface area (Å²) >= 11 is 0. The average molecular weight is 511 g/mol. The summed E-state index contributed by atoms with van der Waals surface area (Å²) in [6.07, 6.45) is 3.29. The van der Waals surface area contributed by atoms with Gasteiger partial charge < -0.3 is 4.74 Å². The normalized spacial score (nSPS) is 24.7. The highest BCUT2D eigenvalue weighted by atomic mass is 32.2. The molecule has 2 aliphatic rings. The van der Waals surface area contributed by atoms with Gasteiger partial charge in [-0.05, 0) is 44.2 Å². The predicted molar refractivity (Wildman–Crippen MR) is 129 cm³/mol. The lowest BCUT2D eigenvalue weighted by Crippen LogP contribution is -2.44. The van der Waals surface area contributed by atoms with Crippen LogP contribution >= 0.6 is 0 Å². The van der Waals surface area contributed by atoms with Crippen molar-refractivity contribution in [1.29, 1.82) is 0 Å². The predicted octanol–water partition coefficient (Wildman–Crippen LogP) is 3.68. The van der Waals surface area contributed by atoms with Crippen molar-refractivity contribution >= 4 is 20.0 Å². The molecule has 2 heterocycles. The van der Waals surface area contributed by atoms with E-state index >= 15 is 0 Å². The van der Waals surface area contributed by atoms with Gasteiger partial charge in [0.1, 0.15) is 22.9 Å². The van der Waals surface area contributed by atoms with Gasteiger partial charge in [-0.3, -0.25) is 0 Å². The van der Waals surface area contributed by atoms with Crippen molar-refractivity contribution in [2.45, 2.75) is 56.5 Å². The molecule has 10 heteroatoms. The van der Waals surface area contributed by atoms with Crippen LogP contribution in [0.1, 0.15) is 49.0 Å². The van der Waals surface area contributed by atoms with Crippen LogP contribution < -0.4 is 4.74 Å². The van der Waals surface area contributed by atoms with Gasteiger partial charge in [0.05, 0.1) is 6.26 Å². The fourth-order valence-corrected chi connectivity index (χ4v) is 7.79. The van der Waals surface area contributed by atoms with E-state index in [9.17, 15) is 21.2 Å². The molecule has 2 fully saturated rings. The molecule has 0 bridgehead atoms. The Morgan fingerprint density at radius 3 is 2.32 bits per heavy atom. The molecule has 0 saturated carbocycles. The quantitative estimate of drug-likeness (QED) is 0.592. The molecule has 186 valence electrons. The van der Waals surface area contributed by atoms with Crippen LogP contribution in [0.15, 0.2) is 48.5 Å². The summed E-state index contributed by atoms with van der Waals surface area (Å²) < 4.78 is 73.8. The van der Waals surface area contributed by atoms with Gasteiger partial charge in [-0.1, -0.05) is 36.4 Å². The lowest BCUT2D eigenvalue weighted by atomic mass is 10.0. The summed E-state index contributed by atoms with van der Waals surface area (Å²) in [6.45, 7) is 2.57. The smallest absolute Gasteiger partial charge is 0.221 e. The van der Waals surface area contributed by atoms with Gasteiger partial charge in [0.25, 0.3) is 0 Å². The van der Waals surface area contributed by atoms with Crippen molar-refractivity contribution in [2.75, 3.05) is 19.3 Å². The first kappa shape index (κ1) is 25.1. The molecule has 0 aromatic heterocycles. The monoisotopic (exact) mass is 510 g/mol. The number of sulfonamides is 2. The van der Waals surface area contributed by atoms with E-state index in [4.69, 9.17) is 4.74 Å². The van der Waals surface area contributed by atoms with E-state index in [2.05, 4.69) is 0 Å². The lowest BCUT2D eigenvalue weighted by Gasteiger charge is -2.37. The van der Waals surface area contributed by atoms with Crippen LogP contribution in [0.4, 0.5) is 4.39 Å². The van der Waals surface area contributed by atoms with Crippen LogP contribution in [-0.4, -0.2) is 56.9 Å². The molecule has 7 nitrogen and oxygen atoms in total. The van der Waals surface area contributed by atoms with Crippen molar-refractivity contribution in [2.24, 2.45) is 0 Å². The van der Waals surface area contributed by atoms with Gasteiger partial charge >= 0.3 is 0 Å². The summed E-state index contributed by atoms with van der Waals surface area (Å²) in [5.41, 5.74) is 1.05. The second-order valence-electron chi connectivity index (χ2n) is 9.15. The Labute approximate surface area is 201 Å². The van der Waals surface area contributed by atoms with Gasteiger partial charge in [-0.2, -0.15) is 4.31 Å². The third-order valence-corrected chi connectivity index (χ3v) is 10.4. The Balaban J connectivity index is 1.45. The molecule has 2 saturated heterocycles. The topological polar surface area (TPSA) is 84.0 Å². The van der Waals surface area contributed by atoms with E-state index in [0.717, 1.165) is 5.56 Å². The van der Waals surface area contributed by atoms with Gasteiger partial charge in [0, 0.05) is 37.3 Å². The van der Waals surface area contributed by atoms with Crippen LogP contribution in [0.5, 0.6) is 5.75 Å². The number of benzene rings is 2. The van der Waals surface area contributed by atoms with E-state index in [1.807, 2.05) is 37.3 Å². The molecule has 2 aromatic rings. The zero-order chi connectivity index (χ0) is 24.5. The van der Waals surface area contributed by atoms with E-state index in [1.165, 1.54) is 20.9 Å². The van der Waals surface area contributed by atoms with E-state index in [0.29, 0.717) is 50.1 Å². The molecule has 2 aromatic carbocycles. The highest BCUT2D eigenvalue weighted by molar-refractivity contribution is 7.89. The number of nitrogens with zero attached hydrogens (tertiary/aromatic N) is 2. The van der Waals surface area contributed by atoms with Crippen LogP contribution in [0, 0.1) is 5.82 Å². The summed E-state index contributed by atoms with van der Waals surface area (Å²) in [6, 6.07) is 13.4. The summed E-state index contributed by atoms with van der Waals surface area (Å²) in [5.74, 6) is -0.161. The fraction of sp³-hybridized carbons (Fsp3) is 0.500. The van der Waals surface area contributed by atoms with Crippen LogP contribution in [0.2, 0.25) is 0 Å². The lowest BCUT2D eigenvalue weighted by molar-refractivity contribution is 0.135.